The van der Waals surface area contributed by atoms with Crippen LogP contribution in [-0.4, -0.2) is 29.8 Å². The second kappa shape index (κ2) is 8.10. The quantitative estimate of drug-likeness (QED) is 0.684. The molecule has 1 atom stereocenters. The first-order valence-corrected chi connectivity index (χ1v) is 10.9. The minimum atomic E-state index is -0.218. The molecule has 2 heterocycles. The van der Waals surface area contributed by atoms with E-state index in [1.54, 1.807) is 0 Å². The van der Waals surface area contributed by atoms with Crippen LogP contribution in [-0.2, 0) is 16.0 Å². The van der Waals surface area contributed by atoms with Gasteiger partial charge in [0.15, 0.2) is 0 Å². The lowest BCUT2D eigenvalue weighted by atomic mass is 9.95. The van der Waals surface area contributed by atoms with E-state index in [4.69, 9.17) is 0 Å². The van der Waals surface area contributed by atoms with Crippen molar-refractivity contribution in [3.8, 4) is 0 Å². The van der Waals surface area contributed by atoms with Gasteiger partial charge in [0.1, 0.15) is 5.70 Å². The van der Waals surface area contributed by atoms with Crippen molar-refractivity contribution in [1.82, 2.24) is 4.90 Å². The van der Waals surface area contributed by atoms with Crippen molar-refractivity contribution < 1.29 is 9.59 Å². The Morgan fingerprint density at radius 2 is 1.73 bits per heavy atom. The molecule has 1 unspecified atom stereocenters. The Morgan fingerprint density at radius 3 is 2.37 bits per heavy atom. The molecule has 30 heavy (non-hydrogen) atoms. The molecule has 0 spiro atoms. The highest BCUT2D eigenvalue weighted by atomic mass is 16.2. The van der Waals surface area contributed by atoms with Crippen LogP contribution in [0.5, 0.6) is 0 Å². The third-order valence-electron chi connectivity index (χ3n) is 6.29. The van der Waals surface area contributed by atoms with Crippen LogP contribution in [0.4, 0.5) is 5.69 Å². The zero-order valence-electron chi connectivity index (χ0n) is 18.4. The SMILES string of the molecule is CCc1ccc(N2C(=O)C(c3ccc(C)cc3C)=C(N3CCCC(C)C3)C2=O)cc1. The molecular weight excluding hydrogens is 372 g/mol. The van der Waals surface area contributed by atoms with E-state index < -0.39 is 0 Å². The van der Waals surface area contributed by atoms with E-state index in [1.165, 1.54) is 10.5 Å². The number of amides is 2. The number of aryl methyl sites for hydroxylation is 3. The lowest BCUT2D eigenvalue weighted by Crippen LogP contribution is -2.39. The van der Waals surface area contributed by atoms with Gasteiger partial charge in [0, 0.05) is 13.1 Å². The highest BCUT2D eigenvalue weighted by Gasteiger charge is 2.43. The minimum Gasteiger partial charge on any atom is -0.366 e. The molecule has 2 amide bonds. The molecule has 0 N–H and O–H groups in total. The van der Waals surface area contributed by atoms with E-state index >= 15 is 0 Å². The van der Waals surface area contributed by atoms with E-state index in [1.807, 2.05) is 50.2 Å². The highest BCUT2D eigenvalue weighted by Crippen LogP contribution is 2.37. The van der Waals surface area contributed by atoms with Crippen LogP contribution < -0.4 is 4.90 Å². The smallest absolute Gasteiger partial charge is 0.282 e. The summed E-state index contributed by atoms with van der Waals surface area (Å²) in [5, 5.41) is 0. The standard InChI is InChI=1S/C26H30N2O2/c1-5-20-9-11-21(12-10-20)28-25(29)23(22-13-8-17(2)15-19(22)4)24(26(28)30)27-14-6-7-18(3)16-27/h8-13,15,18H,5-7,14,16H2,1-4H3. The largest absolute Gasteiger partial charge is 0.366 e. The summed E-state index contributed by atoms with van der Waals surface area (Å²) in [6, 6.07) is 13.8. The summed E-state index contributed by atoms with van der Waals surface area (Å²) in [4.78, 5) is 30.8. The zero-order valence-corrected chi connectivity index (χ0v) is 18.4. The molecule has 4 heteroatoms. The molecule has 2 aliphatic rings. The molecule has 1 saturated heterocycles. The van der Waals surface area contributed by atoms with Gasteiger partial charge in [-0.2, -0.15) is 0 Å². The normalized spacial score (nSPS) is 19.8. The summed E-state index contributed by atoms with van der Waals surface area (Å²) in [6.07, 6.45) is 3.12. The van der Waals surface area contributed by atoms with E-state index in [9.17, 15) is 9.59 Å². The molecule has 0 saturated carbocycles. The Morgan fingerprint density at radius 1 is 1.00 bits per heavy atom. The Balaban J connectivity index is 1.83. The molecule has 1 fully saturated rings. The molecule has 0 aliphatic carbocycles. The average molecular weight is 403 g/mol. The monoisotopic (exact) mass is 402 g/mol. The van der Waals surface area contributed by atoms with Gasteiger partial charge in [0.25, 0.3) is 11.8 Å². The topological polar surface area (TPSA) is 40.6 Å². The summed E-state index contributed by atoms with van der Waals surface area (Å²) < 4.78 is 0. The lowest BCUT2D eigenvalue weighted by Gasteiger charge is -2.33. The second-order valence-corrected chi connectivity index (χ2v) is 8.70. The maximum absolute atomic E-state index is 13.7. The molecule has 4 rings (SSSR count). The third kappa shape index (κ3) is 3.55. The van der Waals surface area contributed by atoms with E-state index in [-0.39, 0.29) is 11.8 Å². The molecule has 4 nitrogen and oxygen atoms in total. The number of benzene rings is 2. The second-order valence-electron chi connectivity index (χ2n) is 8.70. The van der Waals surface area contributed by atoms with Crippen molar-refractivity contribution in [2.45, 2.75) is 47.0 Å². The van der Waals surface area contributed by atoms with E-state index in [0.717, 1.165) is 49.0 Å². The fraction of sp³-hybridized carbons (Fsp3) is 0.385. The van der Waals surface area contributed by atoms with Gasteiger partial charge in [-0.15, -0.1) is 0 Å². The molecular formula is C26H30N2O2. The van der Waals surface area contributed by atoms with Crippen molar-refractivity contribution >= 4 is 23.1 Å². The zero-order chi connectivity index (χ0) is 21.4. The highest BCUT2D eigenvalue weighted by molar-refractivity contribution is 6.45. The van der Waals surface area contributed by atoms with Gasteiger partial charge in [-0.05, 0) is 67.9 Å². The Bertz CT molecular complexity index is 1020. The number of piperidine rings is 1. The first-order chi connectivity index (χ1) is 14.4. The van der Waals surface area contributed by atoms with Crippen LogP contribution in [0.25, 0.3) is 5.57 Å². The van der Waals surface area contributed by atoms with Gasteiger partial charge >= 0.3 is 0 Å². The molecule has 2 aromatic carbocycles. The summed E-state index contributed by atoms with van der Waals surface area (Å²) in [5.41, 5.74) is 5.98. The van der Waals surface area contributed by atoms with Crippen LogP contribution >= 0.6 is 0 Å². The Kier molecular flexibility index (Phi) is 5.50. The minimum absolute atomic E-state index is 0.201. The predicted octanol–water partition coefficient (Wildman–Crippen LogP) is 4.88. The van der Waals surface area contributed by atoms with Gasteiger partial charge < -0.3 is 4.90 Å². The lowest BCUT2D eigenvalue weighted by molar-refractivity contribution is -0.120. The van der Waals surface area contributed by atoms with Crippen LogP contribution in [0.3, 0.4) is 0 Å². The van der Waals surface area contributed by atoms with Crippen LogP contribution in [0.15, 0.2) is 48.2 Å². The fourth-order valence-corrected chi connectivity index (χ4v) is 4.66. The van der Waals surface area contributed by atoms with Gasteiger partial charge in [-0.1, -0.05) is 49.7 Å². The number of carbonyl (C=O) groups excluding carboxylic acids is 2. The predicted molar refractivity (Wildman–Crippen MR) is 121 cm³/mol. The van der Waals surface area contributed by atoms with Gasteiger partial charge in [0.2, 0.25) is 0 Å². The van der Waals surface area contributed by atoms with E-state index in [0.29, 0.717) is 22.9 Å². The number of nitrogens with zero attached hydrogens (tertiary/aromatic N) is 2. The molecule has 0 bridgehead atoms. The molecule has 2 aliphatic heterocycles. The number of imide groups is 1. The maximum Gasteiger partial charge on any atom is 0.282 e. The summed E-state index contributed by atoms with van der Waals surface area (Å²) in [6.45, 7) is 9.99. The molecule has 2 aromatic rings. The van der Waals surface area contributed by atoms with Crippen molar-refractivity contribution in [2.75, 3.05) is 18.0 Å². The number of likely N-dealkylation sites (tertiary alicyclic amines) is 1. The number of hydrogen-bond donors (Lipinski definition) is 0. The Hall–Kier alpha value is -2.88. The molecule has 156 valence electrons. The number of hydrogen-bond acceptors (Lipinski definition) is 3. The summed E-state index contributed by atoms with van der Waals surface area (Å²) >= 11 is 0. The first kappa shape index (κ1) is 20.4. The average Bonchev–Trinajstić information content (AvgIpc) is 2.98. The molecule has 0 radical (unpaired) electrons. The summed E-state index contributed by atoms with van der Waals surface area (Å²) in [5.74, 6) is 0.0881. The van der Waals surface area contributed by atoms with Crippen molar-refractivity contribution in [3.05, 3.63) is 70.4 Å². The molecule has 0 aromatic heterocycles. The van der Waals surface area contributed by atoms with Gasteiger partial charge in [-0.25, -0.2) is 4.90 Å². The number of anilines is 1. The van der Waals surface area contributed by atoms with Crippen LogP contribution in [0.2, 0.25) is 0 Å². The number of rotatable bonds is 4. The summed E-state index contributed by atoms with van der Waals surface area (Å²) in [7, 11) is 0. The van der Waals surface area contributed by atoms with Crippen molar-refractivity contribution in [1.29, 1.82) is 0 Å². The Labute approximate surface area is 179 Å². The fourth-order valence-electron chi connectivity index (χ4n) is 4.66. The van der Waals surface area contributed by atoms with Crippen LogP contribution in [0, 0.1) is 19.8 Å². The van der Waals surface area contributed by atoms with Crippen molar-refractivity contribution in [2.24, 2.45) is 5.92 Å². The van der Waals surface area contributed by atoms with Crippen molar-refractivity contribution in [3.63, 3.8) is 0 Å². The first-order valence-electron chi connectivity index (χ1n) is 10.9. The third-order valence-corrected chi connectivity index (χ3v) is 6.29. The maximum atomic E-state index is 13.7. The van der Waals surface area contributed by atoms with Gasteiger partial charge in [0.05, 0.1) is 11.3 Å². The number of carbonyl (C=O) groups is 2. The van der Waals surface area contributed by atoms with Crippen LogP contribution in [0.1, 0.15) is 48.9 Å². The van der Waals surface area contributed by atoms with E-state index in [2.05, 4.69) is 24.8 Å². The van der Waals surface area contributed by atoms with Gasteiger partial charge in [-0.3, -0.25) is 9.59 Å².